The minimum Gasteiger partial charge on any atom is -0.456 e. The molecule has 1 aromatic rings. The van der Waals surface area contributed by atoms with Gasteiger partial charge in [0.25, 0.3) is 0 Å². The van der Waals surface area contributed by atoms with Crippen molar-refractivity contribution in [3.8, 4) is 0 Å². The predicted molar refractivity (Wildman–Crippen MR) is 71.1 cm³/mol. The van der Waals surface area contributed by atoms with E-state index in [1.165, 1.54) is 0 Å². The second-order valence-corrected chi connectivity index (χ2v) is 4.77. The Hall–Kier alpha value is -1.46. The van der Waals surface area contributed by atoms with E-state index < -0.39 is 0 Å². The Morgan fingerprint density at radius 1 is 1.42 bits per heavy atom. The lowest BCUT2D eigenvalue weighted by Crippen LogP contribution is -2.24. The van der Waals surface area contributed by atoms with Crippen molar-refractivity contribution >= 4 is 5.97 Å². The van der Waals surface area contributed by atoms with E-state index in [4.69, 9.17) is 9.47 Å². The van der Waals surface area contributed by atoms with Gasteiger partial charge in [-0.15, -0.1) is 0 Å². The molecule has 0 N–H and O–H groups in total. The van der Waals surface area contributed by atoms with Crippen LogP contribution in [0.5, 0.6) is 0 Å². The van der Waals surface area contributed by atoms with Crippen LogP contribution < -0.4 is 0 Å². The Morgan fingerprint density at radius 3 is 3.05 bits per heavy atom. The van der Waals surface area contributed by atoms with Gasteiger partial charge in [-0.1, -0.05) is 0 Å². The number of ether oxygens (including phenoxy) is 2. The Bertz CT molecular complexity index is 448. The molecule has 0 atom stereocenters. The topological polar surface area (TPSA) is 51.7 Å². The largest absolute Gasteiger partial charge is 0.456 e. The highest BCUT2D eigenvalue weighted by Gasteiger charge is 2.22. The summed E-state index contributed by atoms with van der Waals surface area (Å²) in [6, 6.07) is 3.74. The van der Waals surface area contributed by atoms with Gasteiger partial charge in [0.1, 0.15) is 6.61 Å². The highest BCUT2D eigenvalue weighted by atomic mass is 16.5. The van der Waals surface area contributed by atoms with Crippen LogP contribution in [0.3, 0.4) is 0 Å². The van der Waals surface area contributed by atoms with Crippen LogP contribution in [0.4, 0.5) is 0 Å². The first-order valence-electron chi connectivity index (χ1n) is 6.54. The van der Waals surface area contributed by atoms with Crippen LogP contribution in [-0.4, -0.2) is 49.7 Å². The summed E-state index contributed by atoms with van der Waals surface area (Å²) >= 11 is 0. The number of carbonyl (C=O) groups excluding carboxylic acids is 1. The van der Waals surface area contributed by atoms with Gasteiger partial charge < -0.3 is 14.4 Å². The molecule has 0 unspecified atom stereocenters. The van der Waals surface area contributed by atoms with Crippen molar-refractivity contribution in [3.05, 3.63) is 29.1 Å². The van der Waals surface area contributed by atoms with Gasteiger partial charge in [0.05, 0.1) is 17.9 Å². The fraction of sp³-hybridized carbons (Fsp3) is 0.571. The predicted octanol–water partition coefficient (Wildman–Crippen LogP) is 1.26. The van der Waals surface area contributed by atoms with Crippen molar-refractivity contribution in [2.45, 2.75) is 19.4 Å². The van der Waals surface area contributed by atoms with Crippen LogP contribution >= 0.6 is 0 Å². The average molecular weight is 264 g/mol. The zero-order valence-corrected chi connectivity index (χ0v) is 11.5. The average Bonchev–Trinajstić information content (AvgIpc) is 2.78. The lowest BCUT2D eigenvalue weighted by atomic mass is 10.1. The molecular formula is C14H20N2O3. The molecule has 0 aliphatic carbocycles. The van der Waals surface area contributed by atoms with E-state index in [0.29, 0.717) is 12.2 Å². The number of methoxy groups -OCH3 is 1. The number of esters is 1. The molecule has 2 heterocycles. The number of nitrogens with zero attached hydrogens (tertiary/aromatic N) is 2. The monoisotopic (exact) mass is 264 g/mol. The summed E-state index contributed by atoms with van der Waals surface area (Å²) < 4.78 is 9.98. The summed E-state index contributed by atoms with van der Waals surface area (Å²) in [6.45, 7) is 3.02. The molecule has 19 heavy (non-hydrogen) atoms. The van der Waals surface area contributed by atoms with Gasteiger partial charge in [0, 0.05) is 19.3 Å². The molecule has 0 fully saturated rings. The van der Waals surface area contributed by atoms with Gasteiger partial charge in [-0.2, -0.15) is 0 Å². The SMILES string of the molecule is COCCN(C)CCCc1ccc2c(n1)COC2=O. The van der Waals surface area contributed by atoms with E-state index in [0.717, 1.165) is 43.9 Å². The Labute approximate surface area is 113 Å². The number of rotatable bonds is 7. The standard InChI is InChI=1S/C14H20N2O3/c1-16(8-9-18-2)7-3-4-11-5-6-12-13(15-11)10-19-14(12)17/h5-6H,3-4,7-10H2,1-2H3. The van der Waals surface area contributed by atoms with E-state index in [-0.39, 0.29) is 5.97 Å². The van der Waals surface area contributed by atoms with Crippen LogP contribution in [0.2, 0.25) is 0 Å². The number of pyridine rings is 1. The van der Waals surface area contributed by atoms with Gasteiger partial charge >= 0.3 is 5.97 Å². The molecule has 2 rings (SSSR count). The fourth-order valence-electron chi connectivity index (χ4n) is 2.08. The van der Waals surface area contributed by atoms with Gasteiger partial charge in [0.15, 0.2) is 0 Å². The maximum Gasteiger partial charge on any atom is 0.340 e. The van der Waals surface area contributed by atoms with Gasteiger partial charge in [0.2, 0.25) is 0 Å². The van der Waals surface area contributed by atoms with Crippen LogP contribution in [0.25, 0.3) is 0 Å². The molecule has 1 aliphatic rings. The molecule has 5 heteroatoms. The maximum absolute atomic E-state index is 11.3. The van der Waals surface area contributed by atoms with Gasteiger partial charge in [-0.25, -0.2) is 4.79 Å². The van der Waals surface area contributed by atoms with E-state index in [1.807, 2.05) is 12.1 Å². The molecule has 0 spiro atoms. The summed E-state index contributed by atoms with van der Waals surface area (Å²) in [6.07, 6.45) is 1.96. The van der Waals surface area contributed by atoms with Gasteiger partial charge in [-0.05, 0) is 38.6 Å². The summed E-state index contributed by atoms with van der Waals surface area (Å²) in [5.74, 6) is -0.256. The second kappa shape index (κ2) is 6.63. The van der Waals surface area contributed by atoms with Gasteiger partial charge in [-0.3, -0.25) is 4.98 Å². The molecule has 1 aliphatic heterocycles. The summed E-state index contributed by atoms with van der Waals surface area (Å²) in [7, 11) is 3.80. The first-order chi connectivity index (χ1) is 9.20. The molecule has 0 saturated heterocycles. The minimum atomic E-state index is -0.256. The van der Waals surface area contributed by atoms with Crippen LogP contribution in [0.1, 0.15) is 28.2 Å². The molecule has 1 aromatic heterocycles. The molecule has 0 radical (unpaired) electrons. The van der Waals surface area contributed by atoms with E-state index in [2.05, 4.69) is 16.9 Å². The zero-order chi connectivity index (χ0) is 13.7. The molecular weight excluding hydrogens is 244 g/mol. The highest BCUT2D eigenvalue weighted by molar-refractivity contribution is 5.92. The van der Waals surface area contributed by atoms with E-state index in [1.54, 1.807) is 7.11 Å². The smallest absolute Gasteiger partial charge is 0.340 e. The lowest BCUT2D eigenvalue weighted by Gasteiger charge is -2.15. The second-order valence-electron chi connectivity index (χ2n) is 4.77. The van der Waals surface area contributed by atoms with Crippen molar-refractivity contribution in [2.24, 2.45) is 0 Å². The van der Waals surface area contributed by atoms with Crippen molar-refractivity contribution in [2.75, 3.05) is 33.9 Å². The normalized spacial score (nSPS) is 13.7. The number of hydrogen-bond donors (Lipinski definition) is 0. The summed E-state index contributed by atoms with van der Waals surface area (Å²) in [4.78, 5) is 18.0. The quantitative estimate of drug-likeness (QED) is 0.694. The Balaban J connectivity index is 1.79. The third-order valence-corrected chi connectivity index (χ3v) is 3.24. The first-order valence-corrected chi connectivity index (χ1v) is 6.54. The minimum absolute atomic E-state index is 0.256. The number of cyclic esters (lactones) is 1. The van der Waals surface area contributed by atoms with E-state index >= 15 is 0 Å². The van der Waals surface area contributed by atoms with Crippen LogP contribution in [0, 0.1) is 0 Å². The Kier molecular flexibility index (Phi) is 4.87. The number of aryl methyl sites for hydroxylation is 1. The number of likely N-dealkylation sites (N-methyl/N-ethyl adjacent to an activating group) is 1. The van der Waals surface area contributed by atoms with Crippen LogP contribution in [-0.2, 0) is 22.5 Å². The molecule has 5 nitrogen and oxygen atoms in total. The number of aromatic nitrogens is 1. The summed E-state index contributed by atoms with van der Waals surface area (Å²) in [5, 5.41) is 0. The van der Waals surface area contributed by atoms with Crippen molar-refractivity contribution in [1.29, 1.82) is 0 Å². The molecule has 0 saturated carbocycles. The van der Waals surface area contributed by atoms with E-state index in [9.17, 15) is 4.79 Å². The number of hydrogen-bond acceptors (Lipinski definition) is 5. The van der Waals surface area contributed by atoms with Crippen LogP contribution in [0.15, 0.2) is 12.1 Å². The molecule has 104 valence electrons. The highest BCUT2D eigenvalue weighted by Crippen LogP contribution is 2.18. The molecule has 0 amide bonds. The first kappa shape index (κ1) is 14.0. The third-order valence-electron chi connectivity index (χ3n) is 3.24. The van der Waals surface area contributed by atoms with Crippen molar-refractivity contribution in [1.82, 2.24) is 9.88 Å². The van der Waals surface area contributed by atoms with Crippen molar-refractivity contribution in [3.63, 3.8) is 0 Å². The molecule has 0 bridgehead atoms. The number of fused-ring (bicyclic) bond motifs is 1. The van der Waals surface area contributed by atoms with Crippen molar-refractivity contribution < 1.29 is 14.3 Å². The fourth-order valence-corrected chi connectivity index (χ4v) is 2.08. The third kappa shape index (κ3) is 3.75. The summed E-state index contributed by atoms with van der Waals surface area (Å²) in [5.41, 5.74) is 2.41. The number of carbonyl (C=O) groups is 1. The molecule has 0 aromatic carbocycles. The lowest BCUT2D eigenvalue weighted by molar-refractivity contribution is 0.0533. The zero-order valence-electron chi connectivity index (χ0n) is 11.5. The Morgan fingerprint density at radius 2 is 2.26 bits per heavy atom. The maximum atomic E-state index is 11.3.